The van der Waals surface area contributed by atoms with E-state index in [4.69, 9.17) is 4.74 Å². The van der Waals surface area contributed by atoms with Gasteiger partial charge in [-0.25, -0.2) is 9.97 Å². The molecule has 0 spiro atoms. The molecule has 1 aliphatic heterocycles. The Morgan fingerprint density at radius 3 is 2.74 bits per heavy atom. The van der Waals surface area contributed by atoms with Gasteiger partial charge in [0.25, 0.3) is 0 Å². The smallest absolute Gasteiger partial charge is 0.236 e. The van der Waals surface area contributed by atoms with Crippen molar-refractivity contribution in [3.63, 3.8) is 0 Å². The van der Waals surface area contributed by atoms with Crippen molar-refractivity contribution >= 4 is 27.5 Å². The van der Waals surface area contributed by atoms with Gasteiger partial charge in [0.05, 0.1) is 18.0 Å². The summed E-state index contributed by atoms with van der Waals surface area (Å²) in [5.41, 5.74) is 1.33. The molecule has 2 fully saturated rings. The molecule has 1 saturated heterocycles. The Labute approximate surface area is 206 Å². The van der Waals surface area contributed by atoms with Crippen LogP contribution in [-0.2, 0) is 11.2 Å². The van der Waals surface area contributed by atoms with Crippen molar-refractivity contribution in [2.24, 2.45) is 0 Å². The Balaban J connectivity index is 1.22. The van der Waals surface area contributed by atoms with Gasteiger partial charge in [0.2, 0.25) is 11.8 Å². The number of hydrogen-bond acceptors (Lipinski definition) is 7. The quantitative estimate of drug-likeness (QED) is 0.605. The highest BCUT2D eigenvalue weighted by Crippen LogP contribution is 2.48. The molecule has 0 radical (unpaired) electrons. The number of carbonyl (C=O) groups excluding carboxylic acids is 1. The van der Waals surface area contributed by atoms with Crippen LogP contribution in [0, 0.1) is 0 Å². The first kappa shape index (κ1) is 23.9. The van der Waals surface area contributed by atoms with Gasteiger partial charge in [-0.1, -0.05) is 6.92 Å². The number of likely N-dealkylation sites (N-methyl/N-ethyl adjacent to an activating group) is 1. The fourth-order valence-electron chi connectivity index (χ4n) is 6.03. The van der Waals surface area contributed by atoms with E-state index < -0.39 is 0 Å². The molecule has 34 heavy (non-hydrogen) atoms. The maximum atomic E-state index is 12.5. The van der Waals surface area contributed by atoms with Crippen molar-refractivity contribution in [1.82, 2.24) is 19.8 Å². The zero-order valence-corrected chi connectivity index (χ0v) is 21.4. The van der Waals surface area contributed by atoms with Crippen LogP contribution >= 0.6 is 11.3 Å². The third kappa shape index (κ3) is 4.95. The van der Waals surface area contributed by atoms with Gasteiger partial charge in [-0.2, -0.15) is 0 Å². The summed E-state index contributed by atoms with van der Waals surface area (Å²) in [7, 11) is 2.09. The van der Waals surface area contributed by atoms with Crippen LogP contribution in [0.4, 0.5) is 0 Å². The summed E-state index contributed by atoms with van der Waals surface area (Å²) in [5, 5.41) is 11.4. The number of nitrogens with zero attached hydrogens (tertiary/aromatic N) is 4. The molecular formula is C26H38N4O3S. The van der Waals surface area contributed by atoms with Crippen LogP contribution in [0.1, 0.15) is 81.1 Å². The highest BCUT2D eigenvalue weighted by Gasteiger charge is 2.33. The van der Waals surface area contributed by atoms with Crippen LogP contribution < -0.4 is 4.74 Å². The number of aryl methyl sites for hydroxylation is 1. The summed E-state index contributed by atoms with van der Waals surface area (Å²) in [6.07, 6.45) is 11.6. The van der Waals surface area contributed by atoms with Crippen molar-refractivity contribution in [3.05, 3.63) is 16.8 Å². The van der Waals surface area contributed by atoms with E-state index in [0.29, 0.717) is 18.5 Å². The van der Waals surface area contributed by atoms with E-state index in [-0.39, 0.29) is 18.1 Å². The molecule has 1 saturated carbocycles. The Morgan fingerprint density at radius 2 is 2.00 bits per heavy atom. The Hall–Kier alpha value is -1.77. The lowest BCUT2D eigenvalue weighted by molar-refractivity contribution is -0.131. The molecule has 8 heteroatoms. The normalized spacial score (nSPS) is 25.8. The second-order valence-corrected chi connectivity index (χ2v) is 11.5. The molecule has 186 valence electrons. The predicted molar refractivity (Wildman–Crippen MR) is 135 cm³/mol. The maximum Gasteiger partial charge on any atom is 0.236 e. The SMILES string of the molecule is CCC(O)CC1CCc2sc3ncnc(OC4CCC(N(C)CC(=O)N5CCCC5)CC4)c3c21. The van der Waals surface area contributed by atoms with Crippen molar-refractivity contribution < 1.29 is 14.6 Å². The first-order valence-electron chi connectivity index (χ1n) is 13.1. The Kier molecular flexibility index (Phi) is 7.37. The van der Waals surface area contributed by atoms with Gasteiger partial charge in [0.15, 0.2) is 0 Å². The average Bonchev–Trinajstić information content (AvgIpc) is 3.58. The monoisotopic (exact) mass is 486 g/mol. The molecule has 2 unspecified atom stereocenters. The Bertz CT molecular complexity index is 997. The molecule has 1 amide bonds. The molecule has 0 aromatic carbocycles. The number of aromatic nitrogens is 2. The number of thiophene rings is 1. The van der Waals surface area contributed by atoms with Gasteiger partial charge >= 0.3 is 0 Å². The van der Waals surface area contributed by atoms with Crippen molar-refractivity contribution in [3.8, 4) is 5.88 Å². The molecule has 3 aliphatic rings. The van der Waals surface area contributed by atoms with E-state index in [1.54, 1.807) is 17.7 Å². The van der Waals surface area contributed by atoms with E-state index in [0.717, 1.165) is 93.4 Å². The predicted octanol–water partition coefficient (Wildman–Crippen LogP) is 4.13. The average molecular weight is 487 g/mol. The standard InChI is InChI=1S/C26H38N4O3S/c1-3-19(31)14-17-6-11-21-23(17)24-25(27-16-28-26(24)34-21)33-20-9-7-18(8-10-20)29(2)15-22(32)30-12-4-5-13-30/h16-20,31H,3-15H2,1-2H3. The number of aliphatic hydroxyl groups is 1. The van der Waals surface area contributed by atoms with E-state index >= 15 is 0 Å². The number of likely N-dealkylation sites (tertiary alicyclic amines) is 1. The first-order chi connectivity index (χ1) is 16.5. The van der Waals surface area contributed by atoms with E-state index in [1.807, 2.05) is 11.8 Å². The van der Waals surface area contributed by atoms with Crippen LogP contribution in [0.2, 0.25) is 0 Å². The fourth-order valence-corrected chi connectivity index (χ4v) is 7.26. The zero-order valence-electron chi connectivity index (χ0n) is 20.5. The van der Waals surface area contributed by atoms with Gasteiger partial charge in [0, 0.05) is 24.0 Å². The summed E-state index contributed by atoms with van der Waals surface area (Å²) in [6, 6.07) is 0.433. The lowest BCUT2D eigenvalue weighted by atomic mass is 9.91. The Morgan fingerprint density at radius 1 is 1.24 bits per heavy atom. The van der Waals surface area contributed by atoms with E-state index in [9.17, 15) is 9.90 Å². The van der Waals surface area contributed by atoms with Crippen molar-refractivity contribution in [1.29, 1.82) is 0 Å². The number of hydrogen-bond donors (Lipinski definition) is 1. The molecule has 7 nitrogen and oxygen atoms in total. The lowest BCUT2D eigenvalue weighted by Gasteiger charge is -2.35. The highest BCUT2D eigenvalue weighted by molar-refractivity contribution is 7.19. The number of amides is 1. The first-order valence-corrected chi connectivity index (χ1v) is 13.9. The minimum atomic E-state index is -0.260. The van der Waals surface area contributed by atoms with Crippen molar-refractivity contribution in [2.45, 2.75) is 95.3 Å². The lowest BCUT2D eigenvalue weighted by Crippen LogP contribution is -2.44. The summed E-state index contributed by atoms with van der Waals surface area (Å²) in [4.78, 5) is 28.3. The molecule has 2 aromatic heterocycles. The van der Waals surface area contributed by atoms with Crippen LogP contribution in [0.3, 0.4) is 0 Å². The number of carbonyl (C=O) groups is 1. The molecule has 2 atom stereocenters. The van der Waals surface area contributed by atoms with Crippen LogP contribution in [0.5, 0.6) is 5.88 Å². The molecule has 3 heterocycles. The third-order valence-corrected chi connectivity index (χ3v) is 9.29. The van der Waals surface area contributed by atoms with Gasteiger partial charge in [-0.05, 0) is 82.7 Å². The van der Waals surface area contributed by atoms with Crippen LogP contribution in [-0.4, -0.2) is 75.7 Å². The molecule has 0 bridgehead atoms. The third-order valence-electron chi connectivity index (χ3n) is 8.11. The number of ether oxygens (including phenoxy) is 1. The van der Waals surface area contributed by atoms with E-state index in [2.05, 4.69) is 21.9 Å². The molecular weight excluding hydrogens is 448 g/mol. The van der Waals surface area contributed by atoms with Crippen LogP contribution in [0.25, 0.3) is 10.2 Å². The van der Waals surface area contributed by atoms with Crippen molar-refractivity contribution in [2.75, 3.05) is 26.7 Å². The van der Waals surface area contributed by atoms with Gasteiger partial charge < -0.3 is 14.7 Å². The minimum absolute atomic E-state index is 0.147. The zero-order chi connectivity index (χ0) is 23.7. The van der Waals surface area contributed by atoms with Gasteiger partial charge in [0.1, 0.15) is 17.3 Å². The highest BCUT2D eigenvalue weighted by atomic mass is 32.1. The second-order valence-electron chi connectivity index (χ2n) is 10.4. The molecule has 5 rings (SSSR count). The number of fused-ring (bicyclic) bond motifs is 3. The number of aliphatic hydroxyl groups excluding tert-OH is 1. The summed E-state index contributed by atoms with van der Waals surface area (Å²) >= 11 is 1.77. The largest absolute Gasteiger partial charge is 0.474 e. The van der Waals surface area contributed by atoms with Gasteiger partial charge in [-0.15, -0.1) is 11.3 Å². The van der Waals surface area contributed by atoms with Gasteiger partial charge in [-0.3, -0.25) is 9.69 Å². The summed E-state index contributed by atoms with van der Waals surface area (Å²) in [6.45, 7) is 4.41. The fraction of sp³-hybridized carbons (Fsp3) is 0.731. The summed E-state index contributed by atoms with van der Waals surface area (Å²) in [5.74, 6) is 1.36. The minimum Gasteiger partial charge on any atom is -0.474 e. The van der Waals surface area contributed by atoms with Crippen LogP contribution in [0.15, 0.2) is 6.33 Å². The molecule has 1 N–H and O–H groups in total. The molecule has 2 aromatic rings. The topological polar surface area (TPSA) is 78.8 Å². The maximum absolute atomic E-state index is 12.5. The number of rotatable bonds is 8. The van der Waals surface area contributed by atoms with E-state index in [1.165, 1.54) is 10.4 Å². The summed E-state index contributed by atoms with van der Waals surface area (Å²) < 4.78 is 6.52. The molecule has 2 aliphatic carbocycles. The second kappa shape index (κ2) is 10.5.